The molecule has 0 fully saturated rings. The Morgan fingerprint density at radius 1 is 1.14 bits per heavy atom. The summed E-state index contributed by atoms with van der Waals surface area (Å²) in [5.74, 6) is -0.700. The van der Waals surface area contributed by atoms with Crippen molar-refractivity contribution in [2.45, 2.75) is 13.1 Å². The minimum Gasteiger partial charge on any atom is -0.497 e. The van der Waals surface area contributed by atoms with Crippen molar-refractivity contribution >= 4 is 20.0 Å². The third-order valence-electron chi connectivity index (χ3n) is 2.97. The molecule has 1 rings (SSSR count). The number of hydrogen-bond donors (Lipinski definition) is 0. The minimum absolute atomic E-state index is 0.125. The molecule has 0 radical (unpaired) electrons. The molecular weight excluding hydrogens is 288 g/mol. The predicted molar refractivity (Wildman–Crippen MR) is 82.3 cm³/mol. The lowest BCUT2D eigenvalue weighted by Gasteiger charge is -2.18. The van der Waals surface area contributed by atoms with E-state index in [9.17, 15) is 9.59 Å². The molecule has 21 heavy (non-hydrogen) atoms. The SMILES string of the molecule is C=C[Si](C)(C)COc1ccc(C(=O)OC)c(C(=O)OC)c1. The summed E-state index contributed by atoms with van der Waals surface area (Å²) in [6.07, 6.45) is 0.536. The van der Waals surface area contributed by atoms with Crippen LogP contribution in [0.1, 0.15) is 20.7 Å². The Kier molecular flexibility index (Phi) is 5.72. The number of methoxy groups -OCH3 is 2. The molecule has 5 nitrogen and oxygen atoms in total. The smallest absolute Gasteiger partial charge is 0.338 e. The molecule has 0 heterocycles. The summed E-state index contributed by atoms with van der Waals surface area (Å²) in [5.41, 5.74) is 2.20. The molecule has 0 aliphatic rings. The van der Waals surface area contributed by atoms with Gasteiger partial charge >= 0.3 is 11.9 Å². The number of carbonyl (C=O) groups is 2. The molecule has 0 aromatic heterocycles. The Morgan fingerprint density at radius 3 is 2.24 bits per heavy atom. The monoisotopic (exact) mass is 308 g/mol. The van der Waals surface area contributed by atoms with E-state index in [4.69, 9.17) is 4.74 Å². The zero-order chi connectivity index (χ0) is 16.0. The average Bonchev–Trinajstić information content (AvgIpc) is 2.51. The first kappa shape index (κ1) is 17.0. The van der Waals surface area contributed by atoms with Gasteiger partial charge in [0.2, 0.25) is 0 Å². The highest BCUT2D eigenvalue weighted by atomic mass is 28.3. The number of hydrogen-bond acceptors (Lipinski definition) is 5. The van der Waals surface area contributed by atoms with Gasteiger partial charge in [-0.25, -0.2) is 9.59 Å². The standard InChI is InChI=1S/C15H20O5Si/c1-6-21(4,5)10-20-11-7-8-12(14(16)18-2)13(9-11)15(17)19-3/h6-9H,1,10H2,2-5H3. The molecule has 0 aliphatic heterocycles. The third-order valence-corrected chi connectivity index (χ3v) is 4.96. The van der Waals surface area contributed by atoms with E-state index >= 15 is 0 Å². The van der Waals surface area contributed by atoms with Crippen LogP contribution in [-0.4, -0.2) is 40.5 Å². The Labute approximate surface area is 125 Å². The topological polar surface area (TPSA) is 61.8 Å². The molecule has 0 spiro atoms. The lowest BCUT2D eigenvalue weighted by molar-refractivity contribution is 0.0555. The van der Waals surface area contributed by atoms with Gasteiger partial charge in [0.05, 0.1) is 31.6 Å². The Morgan fingerprint density at radius 2 is 1.71 bits per heavy atom. The van der Waals surface area contributed by atoms with Crippen molar-refractivity contribution in [1.82, 2.24) is 0 Å². The Bertz CT molecular complexity index is 551. The van der Waals surface area contributed by atoms with Crippen molar-refractivity contribution in [3.8, 4) is 5.75 Å². The Balaban J connectivity index is 3.07. The van der Waals surface area contributed by atoms with Gasteiger partial charge in [0, 0.05) is 0 Å². The van der Waals surface area contributed by atoms with Gasteiger partial charge in [-0.1, -0.05) is 18.8 Å². The molecule has 0 atom stereocenters. The summed E-state index contributed by atoms with van der Waals surface area (Å²) >= 11 is 0. The van der Waals surface area contributed by atoms with Crippen molar-refractivity contribution in [3.05, 3.63) is 41.6 Å². The first-order chi connectivity index (χ1) is 9.84. The molecule has 0 unspecified atom stereocenters. The van der Waals surface area contributed by atoms with E-state index in [-0.39, 0.29) is 11.1 Å². The highest BCUT2D eigenvalue weighted by Crippen LogP contribution is 2.21. The summed E-state index contributed by atoms with van der Waals surface area (Å²) < 4.78 is 15.0. The second-order valence-corrected chi connectivity index (χ2v) is 9.85. The van der Waals surface area contributed by atoms with Crippen molar-refractivity contribution < 1.29 is 23.8 Å². The molecule has 114 valence electrons. The van der Waals surface area contributed by atoms with Crippen molar-refractivity contribution in [2.24, 2.45) is 0 Å². The summed E-state index contributed by atoms with van der Waals surface area (Å²) in [4.78, 5) is 23.4. The molecule has 0 aliphatic carbocycles. The van der Waals surface area contributed by atoms with Crippen LogP contribution in [-0.2, 0) is 9.47 Å². The highest BCUT2D eigenvalue weighted by molar-refractivity contribution is 6.82. The van der Waals surface area contributed by atoms with Crippen LogP contribution in [0.5, 0.6) is 5.75 Å². The van der Waals surface area contributed by atoms with E-state index in [1.165, 1.54) is 26.4 Å². The number of rotatable bonds is 6. The van der Waals surface area contributed by atoms with E-state index < -0.39 is 20.0 Å². The van der Waals surface area contributed by atoms with Crippen LogP contribution in [0.3, 0.4) is 0 Å². The third kappa shape index (κ3) is 4.46. The van der Waals surface area contributed by atoms with Crippen LogP contribution >= 0.6 is 0 Å². The van der Waals surface area contributed by atoms with Gasteiger partial charge in [0.1, 0.15) is 13.8 Å². The van der Waals surface area contributed by atoms with Gasteiger partial charge < -0.3 is 14.2 Å². The molecule has 0 N–H and O–H groups in total. The quantitative estimate of drug-likeness (QED) is 0.597. The first-order valence-corrected chi connectivity index (χ1v) is 9.70. The van der Waals surface area contributed by atoms with Crippen molar-refractivity contribution in [2.75, 3.05) is 20.4 Å². The fourth-order valence-electron chi connectivity index (χ4n) is 1.51. The van der Waals surface area contributed by atoms with E-state index in [0.29, 0.717) is 12.0 Å². The van der Waals surface area contributed by atoms with Gasteiger partial charge in [0.15, 0.2) is 0 Å². The maximum absolute atomic E-state index is 11.8. The van der Waals surface area contributed by atoms with Gasteiger partial charge in [-0.15, -0.1) is 6.58 Å². The molecule has 1 aromatic rings. The maximum Gasteiger partial charge on any atom is 0.338 e. The van der Waals surface area contributed by atoms with Crippen LogP contribution in [0.2, 0.25) is 13.1 Å². The molecule has 0 bridgehead atoms. The lowest BCUT2D eigenvalue weighted by Crippen LogP contribution is -2.32. The molecular formula is C15H20O5Si. The van der Waals surface area contributed by atoms with Crippen LogP contribution in [0, 0.1) is 0 Å². The van der Waals surface area contributed by atoms with Gasteiger partial charge in [-0.2, -0.15) is 0 Å². The number of esters is 2. The highest BCUT2D eigenvalue weighted by Gasteiger charge is 2.21. The normalized spacial score (nSPS) is 10.7. The summed E-state index contributed by atoms with van der Waals surface area (Å²) in [6.45, 7) is 8.03. The lowest BCUT2D eigenvalue weighted by atomic mass is 10.1. The maximum atomic E-state index is 11.8. The molecule has 0 amide bonds. The van der Waals surface area contributed by atoms with Crippen LogP contribution in [0.15, 0.2) is 30.5 Å². The van der Waals surface area contributed by atoms with Crippen LogP contribution in [0.4, 0.5) is 0 Å². The van der Waals surface area contributed by atoms with Gasteiger partial charge in [0.25, 0.3) is 0 Å². The van der Waals surface area contributed by atoms with E-state index in [2.05, 4.69) is 29.1 Å². The number of benzene rings is 1. The fourth-order valence-corrected chi connectivity index (χ4v) is 2.16. The van der Waals surface area contributed by atoms with Crippen molar-refractivity contribution in [3.63, 3.8) is 0 Å². The summed E-state index contributed by atoms with van der Waals surface area (Å²) in [6, 6.07) is 4.62. The van der Waals surface area contributed by atoms with E-state index in [1.807, 2.05) is 5.70 Å². The van der Waals surface area contributed by atoms with Crippen LogP contribution < -0.4 is 4.74 Å². The second kappa shape index (κ2) is 7.08. The fraction of sp³-hybridized carbons (Fsp3) is 0.333. The molecule has 6 heteroatoms. The molecule has 0 saturated carbocycles. The van der Waals surface area contributed by atoms with E-state index in [1.54, 1.807) is 6.07 Å². The Hall–Kier alpha value is -2.08. The largest absolute Gasteiger partial charge is 0.497 e. The summed E-state index contributed by atoms with van der Waals surface area (Å²) in [5, 5.41) is 0. The molecule has 1 aromatic carbocycles. The zero-order valence-corrected chi connectivity index (χ0v) is 13.8. The second-order valence-electron chi connectivity index (χ2n) is 5.17. The van der Waals surface area contributed by atoms with Gasteiger partial charge in [-0.05, 0) is 18.2 Å². The van der Waals surface area contributed by atoms with E-state index in [0.717, 1.165) is 0 Å². The summed E-state index contributed by atoms with van der Waals surface area (Å²) in [7, 11) is 0.889. The average molecular weight is 308 g/mol. The number of carbonyl (C=O) groups excluding carboxylic acids is 2. The predicted octanol–water partition coefficient (Wildman–Crippen LogP) is 2.61. The number of ether oxygens (including phenoxy) is 3. The van der Waals surface area contributed by atoms with Crippen LogP contribution in [0.25, 0.3) is 0 Å². The minimum atomic E-state index is -1.62. The van der Waals surface area contributed by atoms with Gasteiger partial charge in [-0.3, -0.25) is 0 Å². The first-order valence-electron chi connectivity index (χ1n) is 6.41. The molecule has 0 saturated heterocycles. The zero-order valence-electron chi connectivity index (χ0n) is 12.8. The van der Waals surface area contributed by atoms with Crippen molar-refractivity contribution in [1.29, 1.82) is 0 Å².